The Labute approximate surface area is 120 Å². The third kappa shape index (κ3) is 3.31. The number of aliphatic carboxylic acids is 1. The first-order valence-corrected chi connectivity index (χ1v) is 6.94. The van der Waals surface area contributed by atoms with E-state index in [0.29, 0.717) is 10.0 Å². The number of hydrogen-bond donors (Lipinski definition) is 1. The normalized spacial score (nSPS) is 10.4. The van der Waals surface area contributed by atoms with E-state index in [-0.39, 0.29) is 11.3 Å². The maximum absolute atomic E-state index is 13.4. The third-order valence-electron chi connectivity index (χ3n) is 2.19. The van der Waals surface area contributed by atoms with Crippen LogP contribution < -0.4 is 0 Å². The van der Waals surface area contributed by atoms with E-state index in [2.05, 4.69) is 4.98 Å². The van der Waals surface area contributed by atoms with E-state index in [9.17, 15) is 19.3 Å². The van der Waals surface area contributed by atoms with E-state index in [1.54, 1.807) is 5.38 Å². The maximum Gasteiger partial charge on any atom is 0.318 e. The fourth-order valence-corrected chi connectivity index (χ4v) is 3.34. The van der Waals surface area contributed by atoms with E-state index in [0.717, 1.165) is 29.2 Å². The number of nitrogens with zero attached hydrogens (tertiary/aromatic N) is 2. The topological polar surface area (TPSA) is 93.3 Å². The average molecular weight is 314 g/mol. The number of nitro benzene ring substituents is 1. The molecule has 0 saturated carbocycles. The molecule has 2 aromatic rings. The first kappa shape index (κ1) is 14.4. The van der Waals surface area contributed by atoms with Crippen molar-refractivity contribution < 1.29 is 19.2 Å². The van der Waals surface area contributed by atoms with Gasteiger partial charge in [-0.05, 0) is 12.1 Å². The van der Waals surface area contributed by atoms with Crippen molar-refractivity contribution in [2.75, 3.05) is 0 Å². The Balaban J connectivity index is 2.26. The van der Waals surface area contributed by atoms with Gasteiger partial charge in [-0.25, -0.2) is 4.98 Å². The van der Waals surface area contributed by atoms with Crippen LogP contribution in [0.3, 0.4) is 0 Å². The molecule has 0 bridgehead atoms. The molecule has 0 unspecified atom stereocenters. The minimum absolute atomic E-state index is 0.131. The van der Waals surface area contributed by atoms with E-state index >= 15 is 0 Å². The SMILES string of the molecule is O=C(O)Cc1csc(Sc2cccc(F)c2[N+](=O)[O-])n1. The second-order valence-electron chi connectivity index (χ2n) is 3.62. The number of carbonyl (C=O) groups is 1. The molecule has 1 aromatic carbocycles. The van der Waals surface area contributed by atoms with Crippen LogP contribution in [0.25, 0.3) is 0 Å². The summed E-state index contributed by atoms with van der Waals surface area (Å²) in [6.07, 6.45) is -0.220. The standard InChI is InChI=1S/C11H7FN2O4S2/c12-7-2-1-3-8(10(7)14(17)18)20-11-13-6(5-19-11)4-9(15)16/h1-3,5H,4H2,(H,15,16). The zero-order valence-electron chi connectivity index (χ0n) is 9.78. The van der Waals surface area contributed by atoms with Gasteiger partial charge in [0.25, 0.3) is 0 Å². The van der Waals surface area contributed by atoms with Gasteiger partial charge < -0.3 is 5.11 Å². The number of aromatic nitrogens is 1. The lowest BCUT2D eigenvalue weighted by Gasteiger charge is -2.00. The Hall–Kier alpha value is -2.00. The van der Waals surface area contributed by atoms with Gasteiger partial charge in [0.2, 0.25) is 5.82 Å². The molecule has 0 radical (unpaired) electrons. The number of para-hydroxylation sites is 1. The van der Waals surface area contributed by atoms with Gasteiger partial charge in [0.1, 0.15) is 0 Å². The molecule has 0 spiro atoms. The average Bonchev–Trinajstić information content (AvgIpc) is 2.75. The van der Waals surface area contributed by atoms with E-state index in [4.69, 9.17) is 5.11 Å². The molecule has 0 amide bonds. The minimum Gasteiger partial charge on any atom is -0.481 e. The van der Waals surface area contributed by atoms with Crippen molar-refractivity contribution in [1.29, 1.82) is 0 Å². The monoisotopic (exact) mass is 314 g/mol. The zero-order valence-corrected chi connectivity index (χ0v) is 11.4. The third-order valence-corrected chi connectivity index (χ3v) is 4.23. The van der Waals surface area contributed by atoms with Crippen molar-refractivity contribution >= 4 is 34.8 Å². The zero-order chi connectivity index (χ0) is 14.7. The summed E-state index contributed by atoms with van der Waals surface area (Å²) < 4.78 is 13.9. The van der Waals surface area contributed by atoms with Gasteiger partial charge in [-0.2, -0.15) is 4.39 Å². The summed E-state index contributed by atoms with van der Waals surface area (Å²) in [4.78, 5) is 24.8. The Morgan fingerprint density at radius 1 is 1.55 bits per heavy atom. The summed E-state index contributed by atoms with van der Waals surface area (Å²) in [5, 5.41) is 21.0. The molecule has 1 heterocycles. The number of benzene rings is 1. The smallest absolute Gasteiger partial charge is 0.318 e. The molecule has 0 saturated heterocycles. The molecule has 9 heteroatoms. The van der Waals surface area contributed by atoms with Crippen LogP contribution >= 0.6 is 23.1 Å². The summed E-state index contributed by atoms with van der Waals surface area (Å²) in [5.41, 5.74) is -0.239. The summed E-state index contributed by atoms with van der Waals surface area (Å²) in [5.74, 6) is -1.93. The quantitative estimate of drug-likeness (QED) is 0.673. The Morgan fingerprint density at radius 3 is 2.95 bits per heavy atom. The molecule has 0 aliphatic heterocycles. The summed E-state index contributed by atoms with van der Waals surface area (Å²) in [6.45, 7) is 0. The van der Waals surface area contributed by atoms with Gasteiger partial charge in [-0.3, -0.25) is 14.9 Å². The van der Waals surface area contributed by atoms with Gasteiger partial charge in [-0.1, -0.05) is 17.8 Å². The molecule has 6 nitrogen and oxygen atoms in total. The van der Waals surface area contributed by atoms with Crippen LogP contribution in [0.4, 0.5) is 10.1 Å². The highest BCUT2D eigenvalue weighted by Gasteiger charge is 2.21. The van der Waals surface area contributed by atoms with Gasteiger partial charge in [-0.15, -0.1) is 11.3 Å². The first-order valence-electron chi connectivity index (χ1n) is 5.24. The van der Waals surface area contributed by atoms with Crippen LogP contribution in [-0.4, -0.2) is 21.0 Å². The molecule has 104 valence electrons. The molecule has 0 atom stereocenters. The Bertz CT molecular complexity index is 674. The number of hydrogen-bond acceptors (Lipinski definition) is 6. The molecular formula is C11H7FN2O4S2. The van der Waals surface area contributed by atoms with Crippen molar-refractivity contribution in [2.24, 2.45) is 0 Å². The van der Waals surface area contributed by atoms with Crippen LogP contribution in [-0.2, 0) is 11.2 Å². The number of halogens is 1. The van der Waals surface area contributed by atoms with E-state index in [1.807, 2.05) is 0 Å². The fourth-order valence-electron chi connectivity index (χ4n) is 1.42. The van der Waals surface area contributed by atoms with Gasteiger partial charge in [0.05, 0.1) is 21.9 Å². The molecule has 0 aliphatic rings. The molecule has 1 aromatic heterocycles. The van der Waals surface area contributed by atoms with E-state index in [1.165, 1.54) is 12.1 Å². The fraction of sp³-hybridized carbons (Fsp3) is 0.0909. The lowest BCUT2D eigenvalue weighted by molar-refractivity contribution is -0.390. The number of rotatable bonds is 5. The van der Waals surface area contributed by atoms with Crippen LogP contribution in [0.5, 0.6) is 0 Å². The number of thiazole rings is 1. The van der Waals surface area contributed by atoms with E-state index < -0.39 is 22.4 Å². The summed E-state index contributed by atoms with van der Waals surface area (Å²) in [7, 11) is 0. The molecule has 0 aliphatic carbocycles. The highest BCUT2D eigenvalue weighted by molar-refractivity contribution is 8.01. The van der Waals surface area contributed by atoms with Gasteiger partial charge in [0.15, 0.2) is 4.34 Å². The lowest BCUT2D eigenvalue weighted by atomic mass is 10.3. The predicted molar refractivity (Wildman–Crippen MR) is 70.6 cm³/mol. The maximum atomic E-state index is 13.4. The van der Waals surface area contributed by atoms with Crippen molar-refractivity contribution in [3.8, 4) is 0 Å². The molecule has 1 N–H and O–H groups in total. The largest absolute Gasteiger partial charge is 0.481 e. The van der Waals surface area contributed by atoms with Crippen LogP contribution in [0.1, 0.15) is 5.69 Å². The highest BCUT2D eigenvalue weighted by Crippen LogP contribution is 2.37. The van der Waals surface area contributed by atoms with Gasteiger partial charge in [0, 0.05) is 5.38 Å². The minimum atomic E-state index is -1.01. The number of carboxylic acids is 1. The lowest BCUT2D eigenvalue weighted by Crippen LogP contribution is -1.99. The van der Waals surface area contributed by atoms with Crippen LogP contribution in [0.2, 0.25) is 0 Å². The van der Waals surface area contributed by atoms with Crippen molar-refractivity contribution in [3.63, 3.8) is 0 Å². The van der Waals surface area contributed by atoms with Gasteiger partial charge >= 0.3 is 11.7 Å². The van der Waals surface area contributed by atoms with Crippen molar-refractivity contribution in [1.82, 2.24) is 4.98 Å². The van der Waals surface area contributed by atoms with Crippen LogP contribution in [0, 0.1) is 15.9 Å². The van der Waals surface area contributed by atoms with Crippen molar-refractivity contribution in [3.05, 3.63) is 45.2 Å². The van der Waals surface area contributed by atoms with Crippen LogP contribution in [0.15, 0.2) is 32.8 Å². The Morgan fingerprint density at radius 2 is 2.30 bits per heavy atom. The molecule has 2 rings (SSSR count). The first-order chi connectivity index (χ1) is 9.47. The molecule has 0 fully saturated rings. The summed E-state index contributed by atoms with van der Waals surface area (Å²) >= 11 is 2.09. The number of nitro groups is 1. The summed E-state index contributed by atoms with van der Waals surface area (Å²) in [6, 6.07) is 3.81. The Kier molecular flexibility index (Phi) is 4.30. The second kappa shape index (κ2) is 5.97. The van der Waals surface area contributed by atoms with Crippen molar-refractivity contribution in [2.45, 2.75) is 15.7 Å². The molecular weight excluding hydrogens is 307 g/mol. The number of carboxylic acid groups (broad SMARTS) is 1. The predicted octanol–water partition coefficient (Wildman–Crippen LogP) is 2.97. The second-order valence-corrected chi connectivity index (χ2v) is 5.77. The molecule has 20 heavy (non-hydrogen) atoms. The highest BCUT2D eigenvalue weighted by atomic mass is 32.2.